The molecule has 3 unspecified atom stereocenters. The Hall–Kier alpha value is -3.91. The van der Waals surface area contributed by atoms with Gasteiger partial charge in [-0.1, -0.05) is 38.5 Å². The lowest BCUT2D eigenvalue weighted by Gasteiger charge is -2.42. The summed E-state index contributed by atoms with van der Waals surface area (Å²) in [5.74, 6) is -1.39. The molecule has 1 aliphatic rings. The fourth-order valence-electron chi connectivity index (χ4n) is 7.37. The first-order chi connectivity index (χ1) is 34.2. The number of aliphatic hydroxyl groups excluding tert-OH is 3. The van der Waals surface area contributed by atoms with Crippen LogP contribution in [0.4, 0.5) is 0 Å². The minimum atomic E-state index is -1.42. The van der Waals surface area contributed by atoms with Crippen molar-refractivity contribution in [3.63, 3.8) is 0 Å². The van der Waals surface area contributed by atoms with Crippen molar-refractivity contribution >= 4 is 41.2 Å². The number of ketones is 1. The van der Waals surface area contributed by atoms with Crippen LogP contribution in [0.3, 0.4) is 0 Å². The van der Waals surface area contributed by atoms with E-state index < -0.39 is 48.7 Å². The van der Waals surface area contributed by atoms with Crippen LogP contribution in [0, 0.1) is 0 Å². The summed E-state index contributed by atoms with van der Waals surface area (Å²) >= 11 is 0. The number of ether oxygens (including phenoxy) is 5. The highest BCUT2D eigenvalue weighted by molar-refractivity contribution is 5.78. The van der Waals surface area contributed by atoms with Crippen LogP contribution in [-0.4, -0.2) is 185 Å². The Morgan fingerprint density at radius 2 is 0.944 bits per heavy atom. The number of nitrogens with one attached hydrogen (secondary N) is 6. The van der Waals surface area contributed by atoms with Gasteiger partial charge in [-0.2, -0.15) is 0 Å². The van der Waals surface area contributed by atoms with Crippen LogP contribution in [0.2, 0.25) is 0 Å². The summed E-state index contributed by atoms with van der Waals surface area (Å²) in [6, 6.07) is -1.05. The molecule has 0 aromatic rings. The molecule has 5 atom stereocenters. The standard InChI is InChI=1S/C48H90N8O15/c1-36(58)16-9-7-5-3-4-6-8-10-18-43(64)56-48(33-67-29-19-40(61)51-24-13-22-49,34-68-30-20-41(62)52-25-14-23-50)35-69-31-21-42(63)54-27-15-26-53-39(60)17-11-12-28-70-47-44(55-37(2)59)46(66)45(65)38(32-57)71-47/h38,44-47,57,65-66H,3-35,49-50H2,1-2H3,(H,51,61)(H,52,62)(H,53,60)(H,54,63)(H,55,59)(H,56,64)/t38?,44?,45-,46?,47+/m0/s1. The van der Waals surface area contributed by atoms with Gasteiger partial charge in [0.1, 0.15) is 35.7 Å². The van der Waals surface area contributed by atoms with Gasteiger partial charge >= 0.3 is 0 Å². The average Bonchev–Trinajstić information content (AvgIpc) is 3.33. The highest BCUT2D eigenvalue weighted by Gasteiger charge is 2.45. The molecule has 0 aromatic heterocycles. The third-order valence-electron chi connectivity index (χ3n) is 11.4. The molecule has 0 saturated carbocycles. The van der Waals surface area contributed by atoms with E-state index in [2.05, 4.69) is 31.9 Å². The number of hydrogen-bond donors (Lipinski definition) is 11. The maximum atomic E-state index is 13.5. The summed E-state index contributed by atoms with van der Waals surface area (Å²) < 4.78 is 29.1. The fourth-order valence-corrected chi connectivity index (χ4v) is 7.37. The molecule has 0 aliphatic carbocycles. The highest BCUT2D eigenvalue weighted by Crippen LogP contribution is 2.23. The van der Waals surface area contributed by atoms with Gasteiger partial charge in [0, 0.05) is 78.2 Å². The largest absolute Gasteiger partial charge is 0.394 e. The van der Waals surface area contributed by atoms with Crippen LogP contribution in [-0.2, 0) is 57.2 Å². The lowest BCUT2D eigenvalue weighted by Crippen LogP contribution is -2.64. The fraction of sp³-hybridized carbons (Fsp3) is 0.854. The van der Waals surface area contributed by atoms with E-state index in [1.165, 1.54) is 6.92 Å². The monoisotopic (exact) mass is 1020 g/mol. The molecule has 6 amide bonds. The van der Waals surface area contributed by atoms with Gasteiger partial charge in [-0.05, 0) is 65.0 Å². The van der Waals surface area contributed by atoms with Crippen molar-refractivity contribution in [3.05, 3.63) is 0 Å². The molecule has 1 fully saturated rings. The van der Waals surface area contributed by atoms with E-state index in [1.54, 1.807) is 6.92 Å². The quantitative estimate of drug-likeness (QED) is 0.0334. The first kappa shape index (κ1) is 65.1. The molecule has 1 saturated heterocycles. The van der Waals surface area contributed by atoms with E-state index in [0.717, 1.165) is 44.9 Å². The molecule has 1 heterocycles. The number of rotatable bonds is 45. The Bertz CT molecular complexity index is 1470. The van der Waals surface area contributed by atoms with E-state index in [0.29, 0.717) is 84.2 Å². The zero-order valence-electron chi connectivity index (χ0n) is 42.6. The first-order valence-electron chi connectivity index (χ1n) is 25.7. The van der Waals surface area contributed by atoms with Crippen molar-refractivity contribution in [3.8, 4) is 0 Å². The van der Waals surface area contributed by atoms with Crippen molar-refractivity contribution in [2.45, 2.75) is 172 Å². The second-order valence-corrected chi connectivity index (χ2v) is 18.1. The molecule has 0 radical (unpaired) electrons. The molecule has 0 bridgehead atoms. The number of Topliss-reactive ketones (excluding diaryl/α,β-unsaturated/α-hetero) is 1. The molecule has 71 heavy (non-hydrogen) atoms. The Morgan fingerprint density at radius 3 is 1.39 bits per heavy atom. The number of carbonyl (C=O) groups is 7. The molecule has 412 valence electrons. The van der Waals surface area contributed by atoms with Crippen molar-refractivity contribution in [2.75, 3.05) is 92.1 Å². The lowest BCUT2D eigenvalue weighted by atomic mass is 9.97. The van der Waals surface area contributed by atoms with Crippen LogP contribution >= 0.6 is 0 Å². The predicted molar refractivity (Wildman–Crippen MR) is 263 cm³/mol. The average molecular weight is 1020 g/mol. The van der Waals surface area contributed by atoms with E-state index >= 15 is 0 Å². The third kappa shape index (κ3) is 33.4. The number of nitrogens with two attached hydrogens (primary N) is 2. The van der Waals surface area contributed by atoms with E-state index in [4.69, 9.17) is 35.2 Å². The highest BCUT2D eigenvalue weighted by atomic mass is 16.7. The van der Waals surface area contributed by atoms with Gasteiger partial charge in [0.05, 0.1) is 46.2 Å². The van der Waals surface area contributed by atoms with Crippen LogP contribution in [0.15, 0.2) is 0 Å². The summed E-state index contributed by atoms with van der Waals surface area (Å²) in [4.78, 5) is 86.1. The van der Waals surface area contributed by atoms with Crippen molar-refractivity contribution < 1.29 is 72.6 Å². The second kappa shape index (κ2) is 41.6. The Kier molecular flexibility index (Phi) is 38.1. The van der Waals surface area contributed by atoms with Gasteiger partial charge in [-0.15, -0.1) is 0 Å². The zero-order valence-corrected chi connectivity index (χ0v) is 42.6. The SMILES string of the molecule is CC(=O)CCCCCCCCCCC(=O)NC(COCCC(=O)NCCCN)(COCCC(=O)NCCCN)COCCC(=O)NCCCNC(=O)CCCCO[C@@H]1OC(CO)[C@H](O)C(O)C1NC(C)=O. The summed E-state index contributed by atoms with van der Waals surface area (Å²) in [5.41, 5.74) is 9.84. The van der Waals surface area contributed by atoms with Crippen molar-refractivity contribution in [2.24, 2.45) is 11.5 Å². The summed E-state index contributed by atoms with van der Waals surface area (Å²) in [6.45, 7) is 4.66. The second-order valence-electron chi connectivity index (χ2n) is 18.1. The maximum Gasteiger partial charge on any atom is 0.222 e. The summed E-state index contributed by atoms with van der Waals surface area (Å²) in [6.07, 6.45) is 6.47. The lowest BCUT2D eigenvalue weighted by molar-refractivity contribution is -0.270. The molecule has 23 nitrogen and oxygen atoms in total. The smallest absolute Gasteiger partial charge is 0.222 e. The van der Waals surface area contributed by atoms with Gasteiger partial charge < -0.3 is 87.2 Å². The van der Waals surface area contributed by atoms with E-state index in [9.17, 15) is 48.9 Å². The van der Waals surface area contributed by atoms with Crippen LogP contribution in [0.1, 0.15) is 136 Å². The number of unbranched alkanes of at least 4 members (excludes halogenated alkanes) is 8. The Labute approximate surface area is 420 Å². The minimum Gasteiger partial charge on any atom is -0.394 e. The van der Waals surface area contributed by atoms with Crippen LogP contribution < -0.4 is 43.4 Å². The molecular weight excluding hydrogens is 929 g/mol. The van der Waals surface area contributed by atoms with Crippen LogP contribution in [0.25, 0.3) is 0 Å². The molecule has 13 N–H and O–H groups in total. The number of carbonyl (C=O) groups excluding carboxylic acids is 7. The first-order valence-corrected chi connectivity index (χ1v) is 25.7. The Morgan fingerprint density at radius 1 is 0.521 bits per heavy atom. The number of aliphatic hydroxyl groups is 3. The molecule has 1 aliphatic heterocycles. The van der Waals surface area contributed by atoms with Gasteiger partial charge in [-0.3, -0.25) is 28.8 Å². The molecule has 0 aromatic carbocycles. The van der Waals surface area contributed by atoms with Gasteiger partial charge in [0.25, 0.3) is 0 Å². The number of amides is 6. The third-order valence-corrected chi connectivity index (χ3v) is 11.4. The molecular formula is C48H90N8O15. The Balaban J connectivity index is 2.68. The van der Waals surface area contributed by atoms with Crippen LogP contribution in [0.5, 0.6) is 0 Å². The summed E-state index contributed by atoms with van der Waals surface area (Å²) in [5, 5.41) is 46.8. The molecule has 23 heteroatoms. The van der Waals surface area contributed by atoms with E-state index in [1.807, 2.05) is 0 Å². The molecule has 0 spiro atoms. The van der Waals surface area contributed by atoms with Crippen molar-refractivity contribution in [1.29, 1.82) is 0 Å². The van der Waals surface area contributed by atoms with Gasteiger partial charge in [-0.25, -0.2) is 0 Å². The van der Waals surface area contributed by atoms with Gasteiger partial charge in [0.15, 0.2) is 6.29 Å². The van der Waals surface area contributed by atoms with Crippen molar-refractivity contribution in [1.82, 2.24) is 31.9 Å². The zero-order chi connectivity index (χ0) is 52.5. The van der Waals surface area contributed by atoms with Gasteiger partial charge in [0.2, 0.25) is 35.4 Å². The normalized spacial score (nSPS) is 17.8. The van der Waals surface area contributed by atoms with E-state index in [-0.39, 0.29) is 114 Å². The molecule has 1 rings (SSSR count). The summed E-state index contributed by atoms with van der Waals surface area (Å²) in [7, 11) is 0. The maximum absolute atomic E-state index is 13.5. The predicted octanol–water partition coefficient (Wildman–Crippen LogP) is -0.765. The topological polar surface area (TPSA) is 351 Å². The minimum absolute atomic E-state index is 0.000494. The number of hydrogen-bond acceptors (Lipinski definition) is 17.